The molecule has 0 spiro atoms. The standard InChI is InChI=1S/C13H10ClN5S/c1-8-17-11(14)6-12(18-8)19-13-16-7-10(20-13)9-2-4-15-5-3-9/h2-7H,1H3,(H,16,17,18,19). The number of thiazole rings is 1. The van der Waals surface area contributed by atoms with Gasteiger partial charge in [0.15, 0.2) is 5.13 Å². The molecular weight excluding hydrogens is 294 g/mol. The zero-order valence-electron chi connectivity index (χ0n) is 10.5. The molecular formula is C13H10ClN5S. The molecule has 0 radical (unpaired) electrons. The van der Waals surface area contributed by atoms with Crippen molar-refractivity contribution in [3.63, 3.8) is 0 Å². The molecule has 100 valence electrons. The predicted octanol–water partition coefficient (Wildman–Crippen LogP) is 3.70. The van der Waals surface area contributed by atoms with Crippen molar-refractivity contribution in [2.24, 2.45) is 0 Å². The number of hydrogen-bond donors (Lipinski definition) is 1. The van der Waals surface area contributed by atoms with Gasteiger partial charge in [0.2, 0.25) is 0 Å². The van der Waals surface area contributed by atoms with Crippen LogP contribution in [0.4, 0.5) is 10.9 Å². The van der Waals surface area contributed by atoms with Crippen molar-refractivity contribution in [1.29, 1.82) is 0 Å². The molecule has 0 amide bonds. The fraction of sp³-hybridized carbons (Fsp3) is 0.0769. The van der Waals surface area contributed by atoms with Crippen LogP contribution in [0.15, 0.2) is 36.8 Å². The van der Waals surface area contributed by atoms with Gasteiger partial charge in [-0.15, -0.1) is 0 Å². The molecule has 7 heteroatoms. The quantitative estimate of drug-likeness (QED) is 0.747. The number of anilines is 2. The molecule has 5 nitrogen and oxygen atoms in total. The molecule has 0 aliphatic carbocycles. The van der Waals surface area contributed by atoms with Gasteiger partial charge in [-0.05, 0) is 24.6 Å². The average Bonchev–Trinajstić information content (AvgIpc) is 2.87. The molecule has 20 heavy (non-hydrogen) atoms. The lowest BCUT2D eigenvalue weighted by molar-refractivity contribution is 1.06. The Morgan fingerprint density at radius 1 is 1.20 bits per heavy atom. The fourth-order valence-corrected chi connectivity index (χ4v) is 2.74. The number of hydrogen-bond acceptors (Lipinski definition) is 6. The fourth-order valence-electron chi connectivity index (χ4n) is 1.69. The first kappa shape index (κ1) is 13.0. The highest BCUT2D eigenvalue weighted by molar-refractivity contribution is 7.18. The summed E-state index contributed by atoms with van der Waals surface area (Å²) in [5.74, 6) is 1.25. The van der Waals surface area contributed by atoms with E-state index in [-0.39, 0.29) is 0 Å². The van der Waals surface area contributed by atoms with Crippen LogP contribution in [0.3, 0.4) is 0 Å². The topological polar surface area (TPSA) is 63.6 Å². The van der Waals surface area contributed by atoms with E-state index in [1.165, 1.54) is 11.3 Å². The molecule has 3 aromatic heterocycles. The van der Waals surface area contributed by atoms with Gasteiger partial charge >= 0.3 is 0 Å². The molecule has 3 aromatic rings. The Bertz CT molecular complexity index is 708. The van der Waals surface area contributed by atoms with Crippen LogP contribution in [0, 0.1) is 6.92 Å². The lowest BCUT2D eigenvalue weighted by Gasteiger charge is -2.02. The Morgan fingerprint density at radius 3 is 2.75 bits per heavy atom. The molecule has 0 bridgehead atoms. The van der Waals surface area contributed by atoms with Crippen LogP contribution in [0.5, 0.6) is 0 Å². The second-order valence-corrected chi connectivity index (χ2v) is 5.43. The zero-order chi connectivity index (χ0) is 13.9. The Hall–Kier alpha value is -2.05. The van der Waals surface area contributed by atoms with Crippen molar-refractivity contribution in [1.82, 2.24) is 19.9 Å². The van der Waals surface area contributed by atoms with Crippen LogP contribution in [0.1, 0.15) is 5.82 Å². The Morgan fingerprint density at radius 2 is 2.00 bits per heavy atom. The van der Waals surface area contributed by atoms with Crippen molar-refractivity contribution in [2.45, 2.75) is 6.92 Å². The number of halogens is 1. The summed E-state index contributed by atoms with van der Waals surface area (Å²) in [5, 5.41) is 4.30. The third-order valence-electron chi connectivity index (χ3n) is 2.51. The van der Waals surface area contributed by atoms with Gasteiger partial charge in [0, 0.05) is 24.7 Å². The lowest BCUT2D eigenvalue weighted by Crippen LogP contribution is -1.96. The van der Waals surface area contributed by atoms with Gasteiger partial charge in [0.05, 0.1) is 4.88 Å². The number of aryl methyl sites for hydroxylation is 1. The van der Waals surface area contributed by atoms with Gasteiger partial charge in [0.1, 0.15) is 16.8 Å². The van der Waals surface area contributed by atoms with Crippen LogP contribution in [0.25, 0.3) is 10.4 Å². The minimum Gasteiger partial charge on any atom is -0.316 e. The van der Waals surface area contributed by atoms with Crippen LogP contribution >= 0.6 is 22.9 Å². The predicted molar refractivity (Wildman–Crippen MR) is 80.4 cm³/mol. The molecule has 0 saturated carbocycles. The molecule has 3 rings (SSSR count). The van der Waals surface area contributed by atoms with Gasteiger partial charge in [0.25, 0.3) is 0 Å². The summed E-state index contributed by atoms with van der Waals surface area (Å²) in [6, 6.07) is 5.56. The molecule has 0 fully saturated rings. The normalized spacial score (nSPS) is 10.5. The number of nitrogens with zero attached hydrogens (tertiary/aromatic N) is 4. The SMILES string of the molecule is Cc1nc(Cl)cc(Nc2ncc(-c3ccncc3)s2)n1. The maximum atomic E-state index is 5.90. The molecule has 0 unspecified atom stereocenters. The summed E-state index contributed by atoms with van der Waals surface area (Å²) in [7, 11) is 0. The van der Waals surface area contributed by atoms with Gasteiger partial charge in [-0.25, -0.2) is 15.0 Å². The Kier molecular flexibility index (Phi) is 3.58. The number of aromatic nitrogens is 4. The van der Waals surface area contributed by atoms with E-state index in [1.54, 1.807) is 25.4 Å². The van der Waals surface area contributed by atoms with Gasteiger partial charge in [-0.2, -0.15) is 0 Å². The average molecular weight is 304 g/mol. The summed E-state index contributed by atoms with van der Waals surface area (Å²) in [6.07, 6.45) is 5.34. The van der Waals surface area contributed by atoms with Crippen LogP contribution in [0.2, 0.25) is 5.15 Å². The van der Waals surface area contributed by atoms with Crippen molar-refractivity contribution >= 4 is 33.9 Å². The molecule has 1 N–H and O–H groups in total. The van der Waals surface area contributed by atoms with Crippen molar-refractivity contribution in [3.8, 4) is 10.4 Å². The molecule has 0 aliphatic rings. The summed E-state index contributed by atoms with van der Waals surface area (Å²) >= 11 is 7.44. The van der Waals surface area contributed by atoms with Crippen molar-refractivity contribution in [3.05, 3.63) is 47.8 Å². The van der Waals surface area contributed by atoms with Crippen molar-refractivity contribution < 1.29 is 0 Å². The monoisotopic (exact) mass is 303 g/mol. The van der Waals surface area contributed by atoms with Crippen LogP contribution < -0.4 is 5.32 Å². The van der Waals surface area contributed by atoms with E-state index >= 15 is 0 Å². The van der Waals surface area contributed by atoms with E-state index < -0.39 is 0 Å². The van der Waals surface area contributed by atoms with Gasteiger partial charge < -0.3 is 5.32 Å². The van der Waals surface area contributed by atoms with E-state index in [0.717, 1.165) is 15.6 Å². The zero-order valence-corrected chi connectivity index (χ0v) is 12.1. The Balaban J connectivity index is 1.84. The first-order chi connectivity index (χ1) is 9.70. The molecule has 3 heterocycles. The minimum absolute atomic E-state index is 0.408. The number of pyridine rings is 1. The summed E-state index contributed by atoms with van der Waals surface area (Å²) < 4.78 is 0. The van der Waals surface area contributed by atoms with Crippen molar-refractivity contribution in [2.75, 3.05) is 5.32 Å². The van der Waals surface area contributed by atoms with E-state index in [0.29, 0.717) is 16.8 Å². The summed E-state index contributed by atoms with van der Waals surface area (Å²) in [5.41, 5.74) is 1.09. The van der Waals surface area contributed by atoms with E-state index in [1.807, 2.05) is 18.3 Å². The first-order valence-corrected chi connectivity index (χ1v) is 7.04. The number of rotatable bonds is 3. The third kappa shape index (κ3) is 2.92. The second-order valence-electron chi connectivity index (χ2n) is 4.01. The van der Waals surface area contributed by atoms with Gasteiger partial charge in [-0.1, -0.05) is 22.9 Å². The van der Waals surface area contributed by atoms with Crippen LogP contribution in [-0.4, -0.2) is 19.9 Å². The van der Waals surface area contributed by atoms with Crippen LogP contribution in [-0.2, 0) is 0 Å². The van der Waals surface area contributed by atoms with Gasteiger partial charge in [-0.3, -0.25) is 4.98 Å². The van der Waals surface area contributed by atoms with E-state index in [4.69, 9.17) is 11.6 Å². The lowest BCUT2D eigenvalue weighted by atomic mass is 10.2. The highest BCUT2D eigenvalue weighted by Crippen LogP contribution is 2.30. The highest BCUT2D eigenvalue weighted by atomic mass is 35.5. The largest absolute Gasteiger partial charge is 0.316 e. The maximum absolute atomic E-state index is 5.90. The maximum Gasteiger partial charge on any atom is 0.188 e. The smallest absolute Gasteiger partial charge is 0.188 e. The molecule has 0 aliphatic heterocycles. The number of nitrogens with one attached hydrogen (secondary N) is 1. The van der Waals surface area contributed by atoms with E-state index in [2.05, 4.69) is 25.3 Å². The van der Waals surface area contributed by atoms with E-state index in [9.17, 15) is 0 Å². The molecule has 0 saturated heterocycles. The highest BCUT2D eigenvalue weighted by Gasteiger charge is 2.06. The second kappa shape index (κ2) is 5.52. The summed E-state index contributed by atoms with van der Waals surface area (Å²) in [4.78, 5) is 17.7. The Labute approximate surface area is 124 Å². The first-order valence-electron chi connectivity index (χ1n) is 5.85. The third-order valence-corrected chi connectivity index (χ3v) is 3.67. The summed E-state index contributed by atoms with van der Waals surface area (Å²) in [6.45, 7) is 1.79. The molecule has 0 aromatic carbocycles. The molecule has 0 atom stereocenters. The minimum atomic E-state index is 0.408.